The third kappa shape index (κ3) is 3.58. The highest BCUT2D eigenvalue weighted by Gasteiger charge is 2.13. The number of aryl methyl sites for hydroxylation is 1. The number of carbonyl (C=O) groups is 2. The third-order valence-corrected chi connectivity index (χ3v) is 1.97. The fourth-order valence-corrected chi connectivity index (χ4v) is 1.28. The van der Waals surface area contributed by atoms with E-state index in [1.807, 2.05) is 26.0 Å². The van der Waals surface area contributed by atoms with E-state index in [1.165, 1.54) is 6.92 Å². The molecule has 0 fully saturated rings. The summed E-state index contributed by atoms with van der Waals surface area (Å²) in [5, 5.41) is 2.69. The van der Waals surface area contributed by atoms with Crippen molar-refractivity contribution in [3.8, 4) is 0 Å². The molecule has 0 saturated heterocycles. The van der Waals surface area contributed by atoms with Gasteiger partial charge >= 0.3 is 0 Å². The Morgan fingerprint density at radius 2 is 2.13 bits per heavy atom. The lowest BCUT2D eigenvalue weighted by Gasteiger charge is -2.10. The van der Waals surface area contributed by atoms with Crippen LogP contribution >= 0.6 is 0 Å². The fourth-order valence-electron chi connectivity index (χ4n) is 1.28. The van der Waals surface area contributed by atoms with Crippen LogP contribution in [-0.4, -0.2) is 11.7 Å². The first-order chi connectivity index (χ1) is 6.99. The Balaban J connectivity index is 2.52. The summed E-state index contributed by atoms with van der Waals surface area (Å²) < 4.78 is 5.35. The molecule has 4 heteroatoms. The van der Waals surface area contributed by atoms with E-state index < -0.39 is 0 Å². The molecule has 1 amide bonds. The summed E-state index contributed by atoms with van der Waals surface area (Å²) >= 11 is 0. The fraction of sp³-hybridized carbons (Fsp3) is 0.455. The van der Waals surface area contributed by atoms with Gasteiger partial charge in [-0.2, -0.15) is 0 Å². The second-order valence-corrected chi connectivity index (χ2v) is 3.62. The van der Waals surface area contributed by atoms with Crippen LogP contribution in [0.2, 0.25) is 0 Å². The van der Waals surface area contributed by atoms with E-state index >= 15 is 0 Å². The van der Waals surface area contributed by atoms with Gasteiger partial charge in [-0.1, -0.05) is 0 Å². The zero-order valence-corrected chi connectivity index (χ0v) is 9.16. The molecule has 0 radical (unpaired) electrons. The molecule has 0 bridgehead atoms. The molecule has 0 aliphatic heterocycles. The van der Waals surface area contributed by atoms with Gasteiger partial charge in [0.15, 0.2) is 0 Å². The van der Waals surface area contributed by atoms with Crippen LogP contribution in [0.1, 0.15) is 37.8 Å². The number of Topliss-reactive ketones (excluding diaryl/α,β-unsaturated/α-hetero) is 1. The van der Waals surface area contributed by atoms with Gasteiger partial charge in [0, 0.05) is 0 Å². The standard InChI is InChI=1S/C11H15NO3/c1-7(13)6-11(14)12-9(3)10-5-4-8(2)15-10/h4-5,9H,6H2,1-3H3,(H,12,14). The van der Waals surface area contributed by atoms with E-state index in [2.05, 4.69) is 5.32 Å². The number of hydrogen-bond acceptors (Lipinski definition) is 3. The minimum absolute atomic E-state index is 0.0793. The number of rotatable bonds is 4. The van der Waals surface area contributed by atoms with E-state index in [-0.39, 0.29) is 24.2 Å². The minimum Gasteiger partial charge on any atom is -0.464 e. The third-order valence-electron chi connectivity index (χ3n) is 1.97. The SMILES string of the molecule is CC(=O)CC(=O)NC(C)c1ccc(C)o1. The zero-order chi connectivity index (χ0) is 11.4. The Labute approximate surface area is 88.7 Å². The first kappa shape index (κ1) is 11.5. The molecule has 1 N–H and O–H groups in total. The summed E-state index contributed by atoms with van der Waals surface area (Å²) in [6.45, 7) is 5.05. The van der Waals surface area contributed by atoms with Crippen molar-refractivity contribution in [2.45, 2.75) is 33.2 Å². The van der Waals surface area contributed by atoms with Gasteiger partial charge in [0.2, 0.25) is 5.91 Å². The van der Waals surface area contributed by atoms with Gasteiger partial charge in [0.05, 0.1) is 12.5 Å². The largest absolute Gasteiger partial charge is 0.464 e. The Bertz CT molecular complexity index is 368. The maximum atomic E-state index is 11.3. The molecule has 1 atom stereocenters. The summed E-state index contributed by atoms with van der Waals surface area (Å²) in [4.78, 5) is 22.0. The van der Waals surface area contributed by atoms with E-state index in [0.717, 1.165) is 5.76 Å². The number of amides is 1. The molecule has 1 unspecified atom stereocenters. The minimum atomic E-state index is -0.274. The molecule has 1 aromatic heterocycles. The summed E-state index contributed by atoms with van der Waals surface area (Å²) in [6.07, 6.45) is -0.0793. The lowest BCUT2D eigenvalue weighted by atomic mass is 10.2. The molecule has 0 spiro atoms. The molecule has 82 valence electrons. The van der Waals surface area contributed by atoms with Crippen molar-refractivity contribution < 1.29 is 14.0 Å². The summed E-state index contributed by atoms with van der Waals surface area (Å²) in [5.74, 6) is 1.08. The first-order valence-corrected chi connectivity index (χ1v) is 4.84. The van der Waals surface area contributed by atoms with Crippen LogP contribution in [-0.2, 0) is 9.59 Å². The molecule has 0 aromatic carbocycles. The second kappa shape index (κ2) is 4.77. The van der Waals surface area contributed by atoms with Crippen LogP contribution in [0.3, 0.4) is 0 Å². The number of ketones is 1. The predicted molar refractivity (Wildman–Crippen MR) is 55.3 cm³/mol. The van der Waals surface area contributed by atoms with Crippen molar-refractivity contribution in [3.63, 3.8) is 0 Å². The van der Waals surface area contributed by atoms with E-state index in [9.17, 15) is 9.59 Å². The molecular weight excluding hydrogens is 194 g/mol. The molecule has 1 aromatic rings. The Morgan fingerprint density at radius 3 is 2.60 bits per heavy atom. The number of nitrogens with one attached hydrogen (secondary N) is 1. The normalized spacial score (nSPS) is 12.2. The van der Waals surface area contributed by atoms with Crippen molar-refractivity contribution in [3.05, 3.63) is 23.7 Å². The van der Waals surface area contributed by atoms with Gasteiger partial charge in [-0.05, 0) is 32.9 Å². The summed E-state index contributed by atoms with van der Waals surface area (Å²) in [7, 11) is 0. The lowest BCUT2D eigenvalue weighted by molar-refractivity contribution is -0.127. The van der Waals surface area contributed by atoms with Crippen molar-refractivity contribution in [2.24, 2.45) is 0 Å². The molecule has 0 aliphatic rings. The summed E-state index contributed by atoms with van der Waals surface area (Å²) in [6, 6.07) is 3.45. The van der Waals surface area contributed by atoms with Crippen LogP contribution < -0.4 is 5.32 Å². The van der Waals surface area contributed by atoms with Crippen LogP contribution in [0.25, 0.3) is 0 Å². The number of hydrogen-bond donors (Lipinski definition) is 1. The highest BCUT2D eigenvalue weighted by molar-refractivity contribution is 5.96. The van der Waals surface area contributed by atoms with Crippen molar-refractivity contribution in [1.29, 1.82) is 0 Å². The number of furan rings is 1. The van der Waals surface area contributed by atoms with Crippen LogP contribution in [0, 0.1) is 6.92 Å². The molecule has 0 aliphatic carbocycles. The van der Waals surface area contributed by atoms with Crippen LogP contribution in [0.15, 0.2) is 16.5 Å². The monoisotopic (exact) mass is 209 g/mol. The van der Waals surface area contributed by atoms with Crippen molar-refractivity contribution in [2.75, 3.05) is 0 Å². The van der Waals surface area contributed by atoms with E-state index in [0.29, 0.717) is 5.76 Å². The first-order valence-electron chi connectivity index (χ1n) is 4.84. The topological polar surface area (TPSA) is 59.3 Å². The van der Waals surface area contributed by atoms with E-state index in [1.54, 1.807) is 0 Å². The van der Waals surface area contributed by atoms with Gasteiger partial charge < -0.3 is 9.73 Å². The molecule has 15 heavy (non-hydrogen) atoms. The molecule has 1 rings (SSSR count). The highest BCUT2D eigenvalue weighted by Crippen LogP contribution is 2.15. The van der Waals surface area contributed by atoms with Gasteiger partial charge in [0.1, 0.15) is 17.3 Å². The Kier molecular flexibility index (Phi) is 3.66. The Hall–Kier alpha value is -1.58. The van der Waals surface area contributed by atoms with Crippen LogP contribution in [0.4, 0.5) is 0 Å². The molecule has 1 heterocycles. The maximum absolute atomic E-state index is 11.3. The van der Waals surface area contributed by atoms with Crippen molar-refractivity contribution >= 4 is 11.7 Å². The average Bonchev–Trinajstić information content (AvgIpc) is 2.49. The summed E-state index contributed by atoms with van der Waals surface area (Å²) in [5.41, 5.74) is 0. The van der Waals surface area contributed by atoms with Gasteiger partial charge in [-0.3, -0.25) is 9.59 Å². The molecule has 0 saturated carbocycles. The number of carbonyl (C=O) groups excluding carboxylic acids is 2. The smallest absolute Gasteiger partial charge is 0.228 e. The zero-order valence-electron chi connectivity index (χ0n) is 9.16. The van der Waals surface area contributed by atoms with Crippen LogP contribution in [0.5, 0.6) is 0 Å². The molecular formula is C11H15NO3. The maximum Gasteiger partial charge on any atom is 0.228 e. The second-order valence-electron chi connectivity index (χ2n) is 3.62. The van der Waals surface area contributed by atoms with Gasteiger partial charge in [-0.15, -0.1) is 0 Å². The van der Waals surface area contributed by atoms with Crippen molar-refractivity contribution in [1.82, 2.24) is 5.32 Å². The average molecular weight is 209 g/mol. The van der Waals surface area contributed by atoms with E-state index in [4.69, 9.17) is 4.42 Å². The Morgan fingerprint density at radius 1 is 1.47 bits per heavy atom. The van der Waals surface area contributed by atoms with Gasteiger partial charge in [0.25, 0.3) is 0 Å². The van der Waals surface area contributed by atoms with Gasteiger partial charge in [-0.25, -0.2) is 0 Å². The quantitative estimate of drug-likeness (QED) is 0.768. The predicted octanol–water partition coefficient (Wildman–Crippen LogP) is 1.74. The highest BCUT2D eigenvalue weighted by atomic mass is 16.3. The lowest BCUT2D eigenvalue weighted by Crippen LogP contribution is -2.27. The molecule has 4 nitrogen and oxygen atoms in total.